The lowest BCUT2D eigenvalue weighted by Gasteiger charge is -2.42. The molecule has 2 atom stereocenters. The number of rotatable bonds is 8. The zero-order valence-electron chi connectivity index (χ0n) is 25.0. The Bertz CT molecular complexity index is 1620. The van der Waals surface area contributed by atoms with Gasteiger partial charge in [-0.1, -0.05) is 12.0 Å². The van der Waals surface area contributed by atoms with Crippen LogP contribution in [0.4, 0.5) is 28.9 Å². The van der Waals surface area contributed by atoms with Gasteiger partial charge in [-0.25, -0.2) is 12.8 Å². The van der Waals surface area contributed by atoms with Gasteiger partial charge in [-0.05, 0) is 63.4 Å². The van der Waals surface area contributed by atoms with Crippen LogP contribution >= 0.6 is 0 Å². The molecule has 1 fully saturated rings. The molecule has 0 unspecified atom stereocenters. The van der Waals surface area contributed by atoms with E-state index in [-0.39, 0.29) is 23.5 Å². The maximum absolute atomic E-state index is 15.2. The molecule has 0 aliphatic carbocycles. The van der Waals surface area contributed by atoms with Gasteiger partial charge in [0.15, 0.2) is 9.84 Å². The highest BCUT2D eigenvalue weighted by atomic mass is 32.2. The van der Waals surface area contributed by atoms with Crippen molar-refractivity contribution in [2.75, 3.05) is 43.6 Å². The molecule has 0 radical (unpaired) electrons. The highest BCUT2D eigenvalue weighted by Crippen LogP contribution is 2.32. The fourth-order valence-electron chi connectivity index (χ4n) is 5.19. The SMILES string of the molecule is COc1cc(S(C)(=O)=O)ccc1NCC#Cc1cc2c(N[C@@H]3CCN(C(C)(C)C)C[C@@H]3F)cccc2n1CCC(F)(F)F. The molecule has 0 spiro atoms. The Morgan fingerprint density at radius 1 is 1.09 bits per heavy atom. The summed E-state index contributed by atoms with van der Waals surface area (Å²) in [5, 5.41) is 7.06. The number of ether oxygens (including phenoxy) is 1. The molecule has 43 heavy (non-hydrogen) atoms. The summed E-state index contributed by atoms with van der Waals surface area (Å²) >= 11 is 0. The first-order chi connectivity index (χ1) is 20.1. The molecule has 0 saturated carbocycles. The standard InChI is InChI=1S/C31H38F4N4O3S/c1-30(2,3)38-16-13-26(24(32)20-38)37-25-9-6-10-28-23(25)18-21(39(28)17-14-31(33,34)35)8-7-15-36-27-12-11-22(43(5,40)41)19-29(27)42-4/h6,9-12,18-19,24,26,36-37H,13-17,20H2,1-5H3/t24-,26+/m0/s1. The van der Waals surface area contributed by atoms with Crippen molar-refractivity contribution in [2.24, 2.45) is 0 Å². The van der Waals surface area contributed by atoms with E-state index in [2.05, 4.69) is 48.1 Å². The molecular formula is C31H38F4N4O3S. The summed E-state index contributed by atoms with van der Waals surface area (Å²) < 4.78 is 85.5. The number of sulfone groups is 1. The van der Waals surface area contributed by atoms with E-state index in [1.165, 1.54) is 23.8 Å². The van der Waals surface area contributed by atoms with Crippen molar-refractivity contribution in [3.8, 4) is 17.6 Å². The number of halogens is 4. The lowest BCUT2D eigenvalue weighted by atomic mass is 9.96. The van der Waals surface area contributed by atoms with Gasteiger partial charge in [-0.2, -0.15) is 13.2 Å². The third-order valence-electron chi connectivity index (χ3n) is 7.58. The number of nitrogens with zero attached hydrogens (tertiary/aromatic N) is 2. The fourth-order valence-corrected chi connectivity index (χ4v) is 5.83. The molecule has 3 aromatic rings. The molecule has 2 N–H and O–H groups in total. The van der Waals surface area contributed by atoms with Crippen molar-refractivity contribution in [1.82, 2.24) is 9.47 Å². The van der Waals surface area contributed by atoms with Gasteiger partial charge >= 0.3 is 6.18 Å². The lowest BCUT2D eigenvalue weighted by Crippen LogP contribution is -2.54. The van der Waals surface area contributed by atoms with Crippen LogP contribution in [0.15, 0.2) is 47.4 Å². The first-order valence-corrected chi connectivity index (χ1v) is 15.9. The number of hydrogen-bond donors (Lipinski definition) is 2. The maximum atomic E-state index is 15.2. The van der Waals surface area contributed by atoms with Crippen LogP contribution < -0.4 is 15.4 Å². The largest absolute Gasteiger partial charge is 0.495 e. The number of likely N-dealkylation sites (tertiary alicyclic amines) is 1. The van der Waals surface area contributed by atoms with E-state index in [1.807, 2.05) is 6.07 Å². The third kappa shape index (κ3) is 8.15. The summed E-state index contributed by atoms with van der Waals surface area (Å²) in [6, 6.07) is 11.0. The van der Waals surface area contributed by atoms with Crippen LogP contribution in [0.5, 0.6) is 5.75 Å². The van der Waals surface area contributed by atoms with E-state index in [0.717, 1.165) is 12.8 Å². The van der Waals surface area contributed by atoms with Crippen LogP contribution in [0.1, 0.15) is 39.3 Å². The van der Waals surface area contributed by atoms with Crippen molar-refractivity contribution in [1.29, 1.82) is 0 Å². The summed E-state index contributed by atoms with van der Waals surface area (Å²) in [6.45, 7) is 7.01. The number of nitrogens with one attached hydrogen (secondary N) is 2. The van der Waals surface area contributed by atoms with E-state index >= 15 is 4.39 Å². The number of alkyl halides is 4. The van der Waals surface area contributed by atoms with Gasteiger partial charge in [0.1, 0.15) is 11.9 Å². The van der Waals surface area contributed by atoms with Crippen LogP contribution in [0.3, 0.4) is 0 Å². The number of aromatic nitrogens is 1. The Morgan fingerprint density at radius 3 is 2.47 bits per heavy atom. The van der Waals surface area contributed by atoms with Crippen molar-refractivity contribution >= 4 is 32.1 Å². The Kier molecular flexibility index (Phi) is 9.57. The zero-order valence-corrected chi connectivity index (χ0v) is 25.8. The molecule has 1 aliphatic heterocycles. The Hall–Kier alpha value is -3.43. The Morgan fingerprint density at radius 2 is 1.84 bits per heavy atom. The highest BCUT2D eigenvalue weighted by molar-refractivity contribution is 7.90. The maximum Gasteiger partial charge on any atom is 0.390 e. The number of aryl methyl sites for hydroxylation is 1. The van der Waals surface area contributed by atoms with E-state index < -0.39 is 34.6 Å². The van der Waals surface area contributed by atoms with Crippen LogP contribution in [-0.4, -0.2) is 74.8 Å². The van der Waals surface area contributed by atoms with Crippen molar-refractivity contribution < 1.29 is 30.7 Å². The molecule has 0 bridgehead atoms. The summed E-state index contributed by atoms with van der Waals surface area (Å²) in [5.74, 6) is 6.25. The summed E-state index contributed by atoms with van der Waals surface area (Å²) in [6.07, 6.45) is -4.79. The number of anilines is 2. The monoisotopic (exact) mass is 622 g/mol. The lowest BCUT2D eigenvalue weighted by molar-refractivity contribution is -0.136. The molecule has 1 saturated heterocycles. The number of piperidine rings is 1. The van der Waals surface area contributed by atoms with E-state index in [9.17, 15) is 21.6 Å². The quantitative estimate of drug-likeness (QED) is 0.234. The molecule has 4 rings (SSSR count). The van der Waals surface area contributed by atoms with E-state index in [0.29, 0.717) is 46.7 Å². The topological polar surface area (TPSA) is 75.6 Å². The molecule has 0 amide bonds. The second-order valence-corrected chi connectivity index (χ2v) is 13.8. The molecule has 12 heteroatoms. The predicted molar refractivity (Wildman–Crippen MR) is 162 cm³/mol. The number of methoxy groups -OCH3 is 1. The van der Waals surface area contributed by atoms with Crippen LogP contribution in [0, 0.1) is 11.8 Å². The van der Waals surface area contributed by atoms with Gasteiger partial charge in [0.05, 0.1) is 47.9 Å². The van der Waals surface area contributed by atoms with Gasteiger partial charge < -0.3 is 19.9 Å². The molecule has 1 aliphatic rings. The minimum Gasteiger partial charge on any atom is -0.495 e. The first-order valence-electron chi connectivity index (χ1n) is 14.0. The number of hydrogen-bond acceptors (Lipinski definition) is 6. The number of fused-ring (bicyclic) bond motifs is 1. The van der Waals surface area contributed by atoms with E-state index in [1.54, 1.807) is 24.3 Å². The smallest absolute Gasteiger partial charge is 0.390 e. The van der Waals surface area contributed by atoms with Gasteiger partial charge in [0.25, 0.3) is 0 Å². The Balaban J connectivity index is 1.59. The van der Waals surface area contributed by atoms with Crippen LogP contribution in [-0.2, 0) is 16.4 Å². The third-order valence-corrected chi connectivity index (χ3v) is 8.69. The van der Waals surface area contributed by atoms with Crippen LogP contribution in [0.25, 0.3) is 10.9 Å². The molecule has 234 valence electrons. The second-order valence-electron chi connectivity index (χ2n) is 11.7. The van der Waals surface area contributed by atoms with E-state index in [4.69, 9.17) is 4.74 Å². The Labute approximate surface area is 250 Å². The molecule has 1 aromatic heterocycles. The molecule has 7 nitrogen and oxygen atoms in total. The van der Waals surface area contributed by atoms with Gasteiger partial charge in [-0.15, -0.1) is 0 Å². The second kappa shape index (κ2) is 12.7. The highest BCUT2D eigenvalue weighted by Gasteiger charge is 2.34. The van der Waals surface area contributed by atoms with Gasteiger partial charge in [-0.3, -0.25) is 4.90 Å². The molecular weight excluding hydrogens is 584 g/mol. The van der Waals surface area contributed by atoms with Gasteiger partial charge in [0.2, 0.25) is 0 Å². The minimum atomic E-state index is -4.35. The first kappa shape index (κ1) is 32.5. The molecule has 2 heterocycles. The van der Waals surface area contributed by atoms with Crippen LogP contribution in [0.2, 0.25) is 0 Å². The summed E-state index contributed by atoms with van der Waals surface area (Å²) in [4.78, 5) is 2.22. The minimum absolute atomic E-state index is 0.110. The summed E-state index contributed by atoms with van der Waals surface area (Å²) in [5.41, 5.74) is 2.00. The van der Waals surface area contributed by atoms with Gasteiger partial charge in [0, 0.05) is 48.6 Å². The molecule has 2 aromatic carbocycles. The predicted octanol–water partition coefficient (Wildman–Crippen LogP) is 6.09. The fraction of sp³-hybridized carbons (Fsp3) is 0.484. The average Bonchev–Trinajstić information content (AvgIpc) is 3.27. The van der Waals surface area contributed by atoms with Crippen molar-refractivity contribution in [3.05, 3.63) is 48.2 Å². The average molecular weight is 623 g/mol. The summed E-state index contributed by atoms with van der Waals surface area (Å²) in [7, 11) is -2.00. The normalized spacial score (nSPS) is 18.3. The number of benzene rings is 2. The van der Waals surface area contributed by atoms with Crippen molar-refractivity contribution in [3.63, 3.8) is 0 Å². The van der Waals surface area contributed by atoms with Crippen molar-refractivity contribution in [2.45, 2.75) is 69.0 Å². The zero-order chi connectivity index (χ0) is 31.6.